The van der Waals surface area contributed by atoms with Gasteiger partial charge in [-0.15, -0.1) is 11.3 Å². The summed E-state index contributed by atoms with van der Waals surface area (Å²) in [7, 11) is 2.91. The molecule has 1 unspecified atom stereocenters. The van der Waals surface area contributed by atoms with Crippen molar-refractivity contribution in [1.82, 2.24) is 0 Å². The number of ether oxygens (including phenoxy) is 2. The predicted octanol–water partition coefficient (Wildman–Crippen LogP) is 2.70. The van der Waals surface area contributed by atoms with E-state index in [9.17, 15) is 9.59 Å². The van der Waals surface area contributed by atoms with Gasteiger partial charge in [0.25, 0.3) is 0 Å². The Morgan fingerprint density at radius 2 is 1.96 bits per heavy atom. The Labute approximate surface area is 164 Å². The Kier molecular flexibility index (Phi) is 4.81. The summed E-state index contributed by atoms with van der Waals surface area (Å²) in [5.74, 6) is 0.761. The zero-order valence-corrected chi connectivity index (χ0v) is 16.0. The van der Waals surface area contributed by atoms with Crippen LogP contribution in [0.4, 0.5) is 5.69 Å². The summed E-state index contributed by atoms with van der Waals surface area (Å²) >= 11 is 1.41. The molecule has 0 spiro atoms. The number of esters is 1. The Hall–Kier alpha value is -3.23. The zero-order chi connectivity index (χ0) is 19.7. The summed E-state index contributed by atoms with van der Waals surface area (Å²) in [4.78, 5) is 30.9. The number of benzene rings is 1. The molecular weight excluding hydrogens is 380 g/mol. The summed E-state index contributed by atoms with van der Waals surface area (Å²) < 4.78 is 15.3. The monoisotopic (exact) mass is 397 g/mol. The summed E-state index contributed by atoms with van der Waals surface area (Å²) in [6.07, 6.45) is 1.57. The van der Waals surface area contributed by atoms with Crippen molar-refractivity contribution >= 4 is 35.2 Å². The van der Waals surface area contributed by atoms with Crippen molar-refractivity contribution < 1.29 is 28.4 Å². The van der Waals surface area contributed by atoms with Crippen LogP contribution in [0.2, 0.25) is 0 Å². The van der Waals surface area contributed by atoms with Crippen LogP contribution in [0, 0.1) is 0 Å². The van der Waals surface area contributed by atoms with Crippen LogP contribution in [0.1, 0.15) is 26.0 Å². The van der Waals surface area contributed by atoms with Crippen molar-refractivity contribution in [3.63, 3.8) is 0 Å². The number of aliphatic imine (C=N–C) groups is 1. The van der Waals surface area contributed by atoms with Gasteiger partial charge in [0.2, 0.25) is 5.76 Å². The topological polar surface area (TPSA) is 82.5 Å². The van der Waals surface area contributed by atoms with Gasteiger partial charge in [-0.05, 0) is 48.0 Å². The van der Waals surface area contributed by atoms with Gasteiger partial charge in [0.1, 0.15) is 12.3 Å². The number of furan rings is 1. The molecule has 0 aliphatic carbocycles. The van der Waals surface area contributed by atoms with Gasteiger partial charge >= 0.3 is 11.9 Å². The Balaban J connectivity index is 1.54. The highest BCUT2D eigenvalue weighted by Gasteiger charge is 2.31. The standard InChI is InChI=1S/C20H16N2O5S/c1-25-13-5-3-12(4-6-13)17-9-15-18(28-17)19(23)22(11-21-15)10-14-7-8-16(27-14)20(24)26-2/h3-9,11H,10H2,1-2H3/p+1. The molecular formula is C20H17N2O5S+. The Bertz CT molecular complexity index is 1060. The molecule has 1 amide bonds. The molecule has 0 saturated heterocycles. The minimum absolute atomic E-state index is 0.0780. The van der Waals surface area contributed by atoms with Crippen molar-refractivity contribution in [1.29, 1.82) is 0 Å². The van der Waals surface area contributed by atoms with Crippen LogP contribution in [-0.4, -0.2) is 32.4 Å². The molecule has 2 aromatic heterocycles. The molecule has 1 N–H and O–H groups in total. The Morgan fingerprint density at radius 1 is 1.18 bits per heavy atom. The summed E-state index contributed by atoms with van der Waals surface area (Å²) in [5, 5.41) is 0. The van der Waals surface area contributed by atoms with E-state index in [1.807, 2.05) is 30.3 Å². The van der Waals surface area contributed by atoms with Crippen molar-refractivity contribution in [2.45, 2.75) is 6.54 Å². The van der Waals surface area contributed by atoms with Crippen molar-refractivity contribution in [2.75, 3.05) is 14.2 Å². The highest BCUT2D eigenvalue weighted by Crippen LogP contribution is 2.37. The fourth-order valence-corrected chi connectivity index (χ4v) is 3.97. The minimum atomic E-state index is -0.551. The van der Waals surface area contributed by atoms with Gasteiger partial charge in [-0.3, -0.25) is 0 Å². The quantitative estimate of drug-likeness (QED) is 0.670. The van der Waals surface area contributed by atoms with Crippen molar-refractivity contribution in [2.24, 2.45) is 4.99 Å². The van der Waals surface area contributed by atoms with Crippen LogP contribution in [-0.2, 0) is 11.3 Å². The number of quaternary nitrogens is 1. The third-order valence-electron chi connectivity index (χ3n) is 4.36. The first-order chi connectivity index (χ1) is 13.6. The second kappa shape index (κ2) is 7.41. The molecule has 1 aromatic carbocycles. The van der Waals surface area contributed by atoms with E-state index in [0.717, 1.165) is 16.2 Å². The minimum Gasteiger partial charge on any atom is -0.497 e. The van der Waals surface area contributed by atoms with Gasteiger partial charge in [-0.2, -0.15) is 0 Å². The number of thiophene rings is 1. The van der Waals surface area contributed by atoms with Crippen LogP contribution in [0.25, 0.3) is 10.4 Å². The lowest BCUT2D eigenvalue weighted by molar-refractivity contribution is -0.723. The zero-order valence-electron chi connectivity index (χ0n) is 15.2. The number of amides is 1. The number of carbonyl (C=O) groups is 2. The maximum absolute atomic E-state index is 12.9. The van der Waals surface area contributed by atoms with E-state index < -0.39 is 5.97 Å². The molecule has 8 heteroatoms. The number of fused-ring (bicyclic) bond motifs is 1. The molecule has 0 bridgehead atoms. The van der Waals surface area contributed by atoms with E-state index in [1.54, 1.807) is 19.5 Å². The van der Waals surface area contributed by atoms with Crippen LogP contribution < -0.4 is 9.64 Å². The second-order valence-corrected chi connectivity index (χ2v) is 7.15. The molecule has 1 atom stereocenters. The molecule has 1 aliphatic rings. The van der Waals surface area contributed by atoms with E-state index in [2.05, 4.69) is 9.73 Å². The number of nitrogens with zero attached hydrogens (tertiary/aromatic N) is 1. The van der Waals surface area contributed by atoms with Crippen LogP contribution in [0.15, 0.2) is 51.9 Å². The number of carbonyl (C=O) groups excluding carboxylic acids is 2. The highest BCUT2D eigenvalue weighted by molar-refractivity contribution is 7.18. The summed E-state index contributed by atoms with van der Waals surface area (Å²) in [5.41, 5.74) is 1.66. The fraction of sp³-hybridized carbons (Fsp3) is 0.150. The normalized spacial score (nSPS) is 15.4. The number of hydrogen-bond acceptors (Lipinski definition) is 7. The first-order valence-corrected chi connectivity index (χ1v) is 9.30. The average Bonchev–Trinajstić information content (AvgIpc) is 3.37. The molecule has 28 heavy (non-hydrogen) atoms. The lowest BCUT2D eigenvalue weighted by Crippen LogP contribution is -3.12. The third-order valence-corrected chi connectivity index (χ3v) is 5.53. The first-order valence-electron chi connectivity index (χ1n) is 8.49. The highest BCUT2D eigenvalue weighted by atomic mass is 32.1. The number of hydrogen-bond donors (Lipinski definition) is 1. The van der Waals surface area contributed by atoms with E-state index in [1.165, 1.54) is 24.5 Å². The van der Waals surface area contributed by atoms with Gasteiger partial charge in [-0.25, -0.2) is 19.5 Å². The molecule has 7 nitrogen and oxygen atoms in total. The van der Waals surface area contributed by atoms with E-state index in [-0.39, 0.29) is 18.2 Å². The lowest BCUT2D eigenvalue weighted by atomic mass is 10.1. The second-order valence-electron chi connectivity index (χ2n) is 6.10. The SMILES string of the molecule is COC(=O)c1ccc(C[NH+]2C=Nc3cc(-c4ccc(OC)cc4)sc3C2=O)o1. The molecule has 0 fully saturated rings. The van der Waals surface area contributed by atoms with Gasteiger partial charge in [-0.1, -0.05) is 0 Å². The van der Waals surface area contributed by atoms with Gasteiger partial charge in [0.15, 0.2) is 17.0 Å². The summed E-state index contributed by atoms with van der Waals surface area (Å²) in [6, 6.07) is 12.8. The molecule has 4 rings (SSSR count). The molecule has 3 aromatic rings. The lowest BCUT2D eigenvalue weighted by Gasteiger charge is -2.12. The maximum atomic E-state index is 12.9. The summed E-state index contributed by atoms with van der Waals surface area (Å²) in [6.45, 7) is 0.258. The van der Waals surface area contributed by atoms with Crippen molar-refractivity contribution in [3.05, 3.63) is 58.9 Å². The number of methoxy groups -OCH3 is 2. The van der Waals surface area contributed by atoms with E-state index in [0.29, 0.717) is 21.2 Å². The smallest absolute Gasteiger partial charge is 0.373 e. The van der Waals surface area contributed by atoms with Gasteiger partial charge in [0.05, 0.1) is 19.9 Å². The molecule has 3 heterocycles. The maximum Gasteiger partial charge on any atom is 0.373 e. The molecule has 0 saturated carbocycles. The van der Waals surface area contributed by atoms with Crippen LogP contribution in [0.5, 0.6) is 5.75 Å². The van der Waals surface area contributed by atoms with Crippen LogP contribution >= 0.6 is 11.3 Å². The van der Waals surface area contributed by atoms with Gasteiger partial charge in [0, 0.05) is 4.88 Å². The predicted molar refractivity (Wildman–Crippen MR) is 104 cm³/mol. The van der Waals surface area contributed by atoms with Gasteiger partial charge < -0.3 is 13.9 Å². The number of nitrogens with one attached hydrogen (secondary N) is 1. The first kappa shape index (κ1) is 18.1. The van der Waals surface area contributed by atoms with E-state index in [4.69, 9.17) is 9.15 Å². The van der Waals surface area contributed by atoms with Crippen LogP contribution in [0.3, 0.4) is 0 Å². The van der Waals surface area contributed by atoms with Crippen molar-refractivity contribution in [3.8, 4) is 16.2 Å². The largest absolute Gasteiger partial charge is 0.497 e. The molecule has 142 valence electrons. The molecule has 0 radical (unpaired) electrons. The Morgan fingerprint density at radius 3 is 2.68 bits per heavy atom. The van der Waals surface area contributed by atoms with E-state index >= 15 is 0 Å². The molecule has 1 aliphatic heterocycles. The third kappa shape index (κ3) is 3.35. The fourth-order valence-electron chi connectivity index (χ4n) is 2.89. The average molecular weight is 397 g/mol. The number of rotatable bonds is 5.